The fourth-order valence-electron chi connectivity index (χ4n) is 3.80. The Kier molecular flexibility index (Phi) is 7.30. The Labute approximate surface area is 182 Å². The third-order valence-electron chi connectivity index (χ3n) is 5.88. The zero-order chi connectivity index (χ0) is 21.5. The van der Waals surface area contributed by atoms with E-state index in [0.717, 1.165) is 18.2 Å². The van der Waals surface area contributed by atoms with Gasteiger partial charge in [-0.25, -0.2) is 0 Å². The predicted octanol–water partition coefficient (Wildman–Crippen LogP) is 7.73. The van der Waals surface area contributed by atoms with Crippen LogP contribution in [0.15, 0.2) is 103 Å². The molecule has 0 aliphatic heterocycles. The molecule has 3 rings (SSSR count). The molecule has 0 aliphatic rings. The van der Waals surface area contributed by atoms with Crippen LogP contribution >= 0.6 is 0 Å². The van der Waals surface area contributed by atoms with Crippen molar-refractivity contribution < 1.29 is 0 Å². The molecule has 0 atom stereocenters. The molecule has 0 radical (unpaired) electrons. The van der Waals surface area contributed by atoms with Gasteiger partial charge in [0.15, 0.2) is 0 Å². The van der Waals surface area contributed by atoms with Crippen molar-refractivity contribution in [3.63, 3.8) is 0 Å². The Hall–Kier alpha value is -3.06. The summed E-state index contributed by atoms with van der Waals surface area (Å²) in [5.74, 6) is 2.02. The molecule has 0 bridgehead atoms. The summed E-state index contributed by atoms with van der Waals surface area (Å²) in [5, 5.41) is 0. The molecule has 0 aliphatic carbocycles. The average molecular weight is 390 g/mol. The van der Waals surface area contributed by atoms with Crippen molar-refractivity contribution in [2.24, 2.45) is 0 Å². The monoisotopic (exact) mass is 390 g/mol. The second kappa shape index (κ2) is 10.1. The van der Waals surface area contributed by atoms with Crippen molar-refractivity contribution in [2.75, 3.05) is 0 Å². The molecule has 0 N–H and O–H groups in total. The Morgan fingerprint density at radius 3 is 2.13 bits per heavy atom. The van der Waals surface area contributed by atoms with E-state index < -0.39 is 0 Å². The molecular formula is C29H31B. The first-order valence-corrected chi connectivity index (χ1v) is 10.8. The summed E-state index contributed by atoms with van der Waals surface area (Å²) in [6.07, 6.45) is 4.20. The number of rotatable bonds is 8. The van der Waals surface area contributed by atoms with Crippen LogP contribution < -0.4 is 0 Å². The second-order valence-corrected chi connectivity index (χ2v) is 8.01. The van der Waals surface area contributed by atoms with Gasteiger partial charge in [0.2, 0.25) is 6.71 Å². The van der Waals surface area contributed by atoms with E-state index in [9.17, 15) is 0 Å². The molecule has 0 fully saturated rings. The average Bonchev–Trinajstić information content (AvgIpc) is 2.78. The Balaban J connectivity index is 1.72. The fraction of sp³-hybridized carbons (Fsp3) is 0.172. The molecule has 0 amide bonds. The van der Waals surface area contributed by atoms with Gasteiger partial charge in [-0.05, 0) is 54.4 Å². The van der Waals surface area contributed by atoms with Crippen LogP contribution in [0.1, 0.15) is 36.1 Å². The van der Waals surface area contributed by atoms with Crippen molar-refractivity contribution >= 4 is 12.8 Å². The van der Waals surface area contributed by atoms with E-state index in [0.29, 0.717) is 0 Å². The van der Waals surface area contributed by atoms with Crippen LogP contribution in [0.2, 0.25) is 0 Å². The standard InChI is InChI=1S/C29H31B/c1-6-25-12-14-26(15-13-25)20-23(4)24(5)30(7-2)21-27-16-18-28(19-17-27)29-11-9-8-10-22(29)3/h7-20H,2,5-6,21H2,1,3-4H3/b23-20+. The molecule has 150 valence electrons. The number of allylic oxidation sites excluding steroid dienone is 2. The van der Waals surface area contributed by atoms with Gasteiger partial charge in [-0.2, -0.15) is 0 Å². The summed E-state index contributed by atoms with van der Waals surface area (Å²) >= 11 is 0. The summed E-state index contributed by atoms with van der Waals surface area (Å²) in [5.41, 5.74) is 10.1. The van der Waals surface area contributed by atoms with Crippen LogP contribution in [0, 0.1) is 6.92 Å². The number of hydrogen-bond acceptors (Lipinski definition) is 0. The third-order valence-corrected chi connectivity index (χ3v) is 5.88. The lowest BCUT2D eigenvalue weighted by Crippen LogP contribution is -2.18. The Morgan fingerprint density at radius 2 is 1.53 bits per heavy atom. The van der Waals surface area contributed by atoms with Gasteiger partial charge in [0.05, 0.1) is 0 Å². The first kappa shape index (κ1) is 21.6. The van der Waals surface area contributed by atoms with Crippen molar-refractivity contribution in [1.82, 2.24) is 0 Å². The van der Waals surface area contributed by atoms with E-state index in [-0.39, 0.29) is 6.71 Å². The number of hydrogen-bond donors (Lipinski definition) is 0. The molecule has 30 heavy (non-hydrogen) atoms. The smallest absolute Gasteiger partial charge is 0.117 e. The normalized spacial score (nSPS) is 11.2. The Morgan fingerprint density at radius 1 is 0.900 bits per heavy atom. The van der Waals surface area contributed by atoms with Gasteiger partial charge in [-0.3, -0.25) is 0 Å². The van der Waals surface area contributed by atoms with Crippen LogP contribution in [-0.4, -0.2) is 6.71 Å². The van der Waals surface area contributed by atoms with Gasteiger partial charge in [-0.1, -0.05) is 102 Å². The van der Waals surface area contributed by atoms with Crippen LogP contribution in [0.3, 0.4) is 0 Å². The molecule has 3 aromatic rings. The zero-order valence-electron chi connectivity index (χ0n) is 18.5. The highest BCUT2D eigenvalue weighted by molar-refractivity contribution is 6.72. The summed E-state index contributed by atoms with van der Waals surface area (Å²) < 4.78 is 0. The molecular weight excluding hydrogens is 359 g/mol. The molecule has 3 aromatic carbocycles. The second-order valence-electron chi connectivity index (χ2n) is 8.01. The lowest BCUT2D eigenvalue weighted by atomic mass is 9.40. The van der Waals surface area contributed by atoms with Gasteiger partial charge in [-0.15, -0.1) is 19.1 Å². The minimum atomic E-state index is 0.223. The number of benzene rings is 3. The highest BCUT2D eigenvalue weighted by atomic mass is 14.1. The van der Waals surface area contributed by atoms with Crippen LogP contribution in [-0.2, 0) is 12.7 Å². The van der Waals surface area contributed by atoms with E-state index in [1.165, 1.54) is 39.0 Å². The first-order valence-electron chi connectivity index (χ1n) is 10.8. The van der Waals surface area contributed by atoms with Crippen LogP contribution in [0.4, 0.5) is 0 Å². The molecule has 0 saturated heterocycles. The maximum Gasteiger partial charge on any atom is 0.204 e. The fourth-order valence-corrected chi connectivity index (χ4v) is 3.80. The van der Waals surface area contributed by atoms with Crippen molar-refractivity contribution in [3.8, 4) is 11.1 Å². The molecule has 1 heteroatoms. The highest BCUT2D eigenvalue weighted by Crippen LogP contribution is 2.25. The summed E-state index contributed by atoms with van der Waals surface area (Å²) in [7, 11) is 0. The van der Waals surface area contributed by atoms with Gasteiger partial charge < -0.3 is 0 Å². The van der Waals surface area contributed by atoms with E-state index in [1.54, 1.807) is 0 Å². The maximum absolute atomic E-state index is 4.39. The van der Waals surface area contributed by atoms with Gasteiger partial charge in [0, 0.05) is 0 Å². The van der Waals surface area contributed by atoms with Gasteiger partial charge >= 0.3 is 0 Å². The third kappa shape index (κ3) is 5.30. The summed E-state index contributed by atoms with van der Waals surface area (Å²) in [6.45, 7) is 15.2. The molecule has 0 unspecified atom stereocenters. The largest absolute Gasteiger partial charge is 0.204 e. The van der Waals surface area contributed by atoms with Gasteiger partial charge in [0.25, 0.3) is 0 Å². The minimum Gasteiger partial charge on any atom is -0.117 e. The minimum absolute atomic E-state index is 0.223. The van der Waals surface area contributed by atoms with Crippen molar-refractivity contribution in [3.05, 3.63) is 125 Å². The van der Waals surface area contributed by atoms with Crippen molar-refractivity contribution in [2.45, 2.75) is 33.5 Å². The molecule has 0 spiro atoms. The van der Waals surface area contributed by atoms with E-state index in [1.807, 2.05) is 5.98 Å². The first-order chi connectivity index (χ1) is 14.5. The lowest BCUT2D eigenvalue weighted by molar-refractivity contribution is 1.14. The van der Waals surface area contributed by atoms with Crippen LogP contribution in [0.25, 0.3) is 17.2 Å². The van der Waals surface area contributed by atoms with E-state index >= 15 is 0 Å². The predicted molar refractivity (Wildman–Crippen MR) is 135 cm³/mol. The molecule has 0 saturated carbocycles. The molecule has 0 heterocycles. The summed E-state index contributed by atoms with van der Waals surface area (Å²) in [4.78, 5) is 0. The van der Waals surface area contributed by atoms with Crippen LogP contribution in [0.5, 0.6) is 0 Å². The maximum atomic E-state index is 4.39. The molecule has 0 nitrogen and oxygen atoms in total. The summed E-state index contributed by atoms with van der Waals surface area (Å²) in [6, 6.07) is 26.2. The Bertz CT molecular complexity index is 1040. The topological polar surface area (TPSA) is 0 Å². The quantitative estimate of drug-likeness (QED) is 0.273. The SMILES string of the molecule is C=CB(Cc1ccc(-c2ccccc2C)cc1)C(=C)/C(C)=C/c1ccc(CC)cc1. The van der Waals surface area contributed by atoms with E-state index in [4.69, 9.17) is 0 Å². The lowest BCUT2D eigenvalue weighted by Gasteiger charge is -2.15. The highest BCUT2D eigenvalue weighted by Gasteiger charge is 2.16. The van der Waals surface area contributed by atoms with E-state index in [2.05, 4.69) is 113 Å². The zero-order valence-corrected chi connectivity index (χ0v) is 18.5. The number of aryl methyl sites for hydroxylation is 2. The van der Waals surface area contributed by atoms with Crippen molar-refractivity contribution in [1.29, 1.82) is 0 Å². The molecule has 0 aromatic heterocycles. The van der Waals surface area contributed by atoms with Gasteiger partial charge in [0.1, 0.15) is 0 Å².